The largest absolute Gasteiger partial charge is 0.360 e. The molecule has 23 heavy (non-hydrogen) atoms. The van der Waals surface area contributed by atoms with Crippen molar-refractivity contribution in [1.82, 2.24) is 15.1 Å². The Hall–Kier alpha value is -3.28. The van der Waals surface area contributed by atoms with Gasteiger partial charge in [-0.1, -0.05) is 17.3 Å². The van der Waals surface area contributed by atoms with Crippen LogP contribution >= 0.6 is 0 Å². The lowest BCUT2D eigenvalue weighted by Crippen LogP contribution is -2.06. The Labute approximate surface area is 129 Å². The van der Waals surface area contributed by atoms with Crippen LogP contribution in [0.25, 0.3) is 33.7 Å². The number of H-pyrrole nitrogens is 1. The smallest absolute Gasteiger partial charge is 0.263 e. The number of para-hydroxylation sites is 1. The zero-order chi connectivity index (χ0) is 15.8. The Bertz CT molecular complexity index is 1050. The lowest BCUT2D eigenvalue weighted by Gasteiger charge is -1.98. The van der Waals surface area contributed by atoms with Gasteiger partial charge in [0.1, 0.15) is 11.4 Å². The summed E-state index contributed by atoms with van der Waals surface area (Å²) in [5, 5.41) is 4.40. The zero-order valence-corrected chi connectivity index (χ0v) is 11.8. The second-order valence-corrected chi connectivity index (χ2v) is 5.01. The van der Waals surface area contributed by atoms with Gasteiger partial charge in [-0.25, -0.2) is 4.39 Å². The molecular formula is C17H10FN3O2. The molecule has 0 saturated carbocycles. The minimum absolute atomic E-state index is 0.122. The molecule has 1 N–H and O–H groups in total. The van der Waals surface area contributed by atoms with E-state index in [9.17, 15) is 9.18 Å². The van der Waals surface area contributed by atoms with Crippen LogP contribution in [0.2, 0.25) is 0 Å². The monoisotopic (exact) mass is 307 g/mol. The second kappa shape index (κ2) is 5.17. The van der Waals surface area contributed by atoms with E-state index in [1.165, 1.54) is 12.1 Å². The van der Waals surface area contributed by atoms with Gasteiger partial charge in [-0.3, -0.25) is 4.79 Å². The fraction of sp³-hybridized carbons (Fsp3) is 0. The lowest BCUT2D eigenvalue weighted by atomic mass is 10.1. The summed E-state index contributed by atoms with van der Waals surface area (Å²) in [5.41, 5.74) is 1.45. The van der Waals surface area contributed by atoms with Crippen molar-refractivity contribution in [2.24, 2.45) is 0 Å². The first-order valence-electron chi connectivity index (χ1n) is 6.93. The maximum atomic E-state index is 13.0. The molecule has 2 heterocycles. The van der Waals surface area contributed by atoms with Crippen LogP contribution < -0.4 is 5.43 Å². The molecule has 0 bridgehead atoms. The standard InChI is InChI=1S/C17H10FN3O2/c18-11-7-5-10(6-8-11)16-20-17(23-21-16)13-9-19-14-4-2-1-3-12(14)15(13)22/h1-9H,(H,19,22). The molecule has 0 atom stereocenters. The summed E-state index contributed by atoms with van der Waals surface area (Å²) in [4.78, 5) is 19.8. The van der Waals surface area contributed by atoms with E-state index >= 15 is 0 Å². The van der Waals surface area contributed by atoms with Crippen LogP contribution in [0.1, 0.15) is 0 Å². The van der Waals surface area contributed by atoms with E-state index in [1.54, 1.807) is 30.5 Å². The van der Waals surface area contributed by atoms with Crippen LogP contribution in [0.4, 0.5) is 4.39 Å². The lowest BCUT2D eigenvalue weighted by molar-refractivity contribution is 0.432. The average Bonchev–Trinajstić information content (AvgIpc) is 3.06. The van der Waals surface area contributed by atoms with Gasteiger partial charge in [0, 0.05) is 22.7 Å². The molecule has 4 rings (SSSR count). The second-order valence-electron chi connectivity index (χ2n) is 5.01. The molecule has 0 fully saturated rings. The molecule has 0 amide bonds. The van der Waals surface area contributed by atoms with Gasteiger partial charge >= 0.3 is 0 Å². The van der Waals surface area contributed by atoms with Gasteiger partial charge in [-0.15, -0.1) is 0 Å². The number of hydrogen-bond donors (Lipinski definition) is 1. The van der Waals surface area contributed by atoms with Gasteiger partial charge in [-0.05, 0) is 36.4 Å². The van der Waals surface area contributed by atoms with Crippen molar-refractivity contribution in [3.05, 3.63) is 70.8 Å². The predicted octanol–water partition coefficient (Wildman–Crippen LogP) is 3.38. The van der Waals surface area contributed by atoms with E-state index in [0.29, 0.717) is 22.3 Å². The quantitative estimate of drug-likeness (QED) is 0.616. The number of fused-ring (bicyclic) bond motifs is 1. The van der Waals surface area contributed by atoms with E-state index < -0.39 is 0 Å². The van der Waals surface area contributed by atoms with Crippen molar-refractivity contribution in [3.8, 4) is 22.8 Å². The summed E-state index contributed by atoms with van der Waals surface area (Å²) < 4.78 is 18.2. The van der Waals surface area contributed by atoms with Crippen LogP contribution in [0.3, 0.4) is 0 Å². The molecule has 0 unspecified atom stereocenters. The maximum absolute atomic E-state index is 13.0. The molecule has 6 heteroatoms. The maximum Gasteiger partial charge on any atom is 0.263 e. The molecule has 0 aliphatic carbocycles. The highest BCUT2D eigenvalue weighted by molar-refractivity contribution is 5.82. The first-order chi connectivity index (χ1) is 11.2. The Morgan fingerprint density at radius 3 is 2.65 bits per heavy atom. The number of benzene rings is 2. The number of aromatic nitrogens is 3. The van der Waals surface area contributed by atoms with Crippen LogP contribution in [-0.2, 0) is 0 Å². The van der Waals surface area contributed by atoms with E-state index in [1.807, 2.05) is 12.1 Å². The minimum Gasteiger partial charge on any atom is -0.360 e. The average molecular weight is 307 g/mol. The molecule has 0 radical (unpaired) electrons. The Balaban J connectivity index is 1.82. The highest BCUT2D eigenvalue weighted by Gasteiger charge is 2.15. The van der Waals surface area contributed by atoms with Crippen LogP contribution in [-0.4, -0.2) is 15.1 Å². The summed E-state index contributed by atoms with van der Waals surface area (Å²) in [7, 11) is 0. The molecule has 5 nitrogen and oxygen atoms in total. The molecule has 112 valence electrons. The predicted molar refractivity (Wildman–Crippen MR) is 83.3 cm³/mol. The molecule has 4 aromatic rings. The van der Waals surface area contributed by atoms with Crippen LogP contribution in [0, 0.1) is 5.82 Å². The van der Waals surface area contributed by atoms with Gasteiger partial charge < -0.3 is 9.51 Å². The summed E-state index contributed by atoms with van der Waals surface area (Å²) in [6.45, 7) is 0. The van der Waals surface area contributed by atoms with E-state index in [0.717, 1.165) is 5.52 Å². The van der Waals surface area contributed by atoms with E-state index in [4.69, 9.17) is 4.52 Å². The number of nitrogens with one attached hydrogen (secondary N) is 1. The van der Waals surface area contributed by atoms with Crippen molar-refractivity contribution in [2.45, 2.75) is 0 Å². The summed E-state index contributed by atoms with van der Waals surface area (Å²) in [6.07, 6.45) is 1.55. The molecule has 2 aromatic carbocycles. The highest BCUT2D eigenvalue weighted by Crippen LogP contribution is 2.21. The van der Waals surface area contributed by atoms with Crippen molar-refractivity contribution in [1.29, 1.82) is 0 Å². The van der Waals surface area contributed by atoms with Gasteiger partial charge in [0.15, 0.2) is 0 Å². The number of halogens is 1. The molecular weight excluding hydrogens is 297 g/mol. The Morgan fingerprint density at radius 2 is 1.83 bits per heavy atom. The van der Waals surface area contributed by atoms with Gasteiger partial charge in [0.2, 0.25) is 11.3 Å². The van der Waals surface area contributed by atoms with Crippen LogP contribution in [0.5, 0.6) is 0 Å². The van der Waals surface area contributed by atoms with Crippen molar-refractivity contribution in [2.75, 3.05) is 0 Å². The number of aromatic amines is 1. The third-order valence-electron chi connectivity index (χ3n) is 3.55. The van der Waals surface area contributed by atoms with Gasteiger partial charge in [0.25, 0.3) is 5.89 Å². The topological polar surface area (TPSA) is 71.8 Å². The van der Waals surface area contributed by atoms with Crippen molar-refractivity contribution < 1.29 is 8.91 Å². The molecule has 0 saturated heterocycles. The van der Waals surface area contributed by atoms with Crippen molar-refractivity contribution in [3.63, 3.8) is 0 Å². The fourth-order valence-corrected chi connectivity index (χ4v) is 2.38. The fourth-order valence-electron chi connectivity index (χ4n) is 2.38. The molecule has 0 spiro atoms. The molecule has 0 aliphatic heterocycles. The molecule has 2 aromatic heterocycles. The zero-order valence-electron chi connectivity index (χ0n) is 11.8. The number of nitrogens with zero attached hydrogens (tertiary/aromatic N) is 2. The Morgan fingerprint density at radius 1 is 1.04 bits per heavy atom. The van der Waals surface area contributed by atoms with Gasteiger partial charge in [-0.2, -0.15) is 4.98 Å². The minimum atomic E-state index is -0.344. The van der Waals surface area contributed by atoms with Gasteiger partial charge in [0.05, 0.1) is 0 Å². The normalized spacial score (nSPS) is 11.0. The Kier molecular flexibility index (Phi) is 3.01. The van der Waals surface area contributed by atoms with E-state index in [-0.39, 0.29) is 17.1 Å². The molecule has 0 aliphatic rings. The summed E-state index contributed by atoms with van der Waals surface area (Å²) >= 11 is 0. The first kappa shape index (κ1) is 13.4. The highest BCUT2D eigenvalue weighted by atomic mass is 19.1. The number of rotatable bonds is 2. The number of hydrogen-bond acceptors (Lipinski definition) is 4. The third-order valence-corrected chi connectivity index (χ3v) is 3.55. The van der Waals surface area contributed by atoms with E-state index in [2.05, 4.69) is 15.1 Å². The first-order valence-corrected chi connectivity index (χ1v) is 6.93. The summed E-state index contributed by atoms with van der Waals surface area (Å²) in [6, 6.07) is 12.9. The SMILES string of the molecule is O=c1c(-c2nc(-c3ccc(F)cc3)no2)c[nH]c2ccccc12. The third kappa shape index (κ3) is 2.30. The van der Waals surface area contributed by atoms with Crippen molar-refractivity contribution >= 4 is 10.9 Å². The van der Waals surface area contributed by atoms with Crippen LogP contribution in [0.15, 0.2) is 64.0 Å². The number of pyridine rings is 1. The summed E-state index contributed by atoms with van der Waals surface area (Å²) in [5.74, 6) is 0.0762.